The summed E-state index contributed by atoms with van der Waals surface area (Å²) >= 11 is 0. The number of likely N-dealkylation sites (N-methyl/N-ethyl adjacent to an activating group) is 1. The summed E-state index contributed by atoms with van der Waals surface area (Å²) in [5, 5.41) is 3.38. The fourth-order valence-corrected chi connectivity index (χ4v) is 3.09. The van der Waals surface area contributed by atoms with Gasteiger partial charge in [-0.15, -0.1) is 0 Å². The monoisotopic (exact) mass is 275 g/mol. The van der Waals surface area contributed by atoms with Crippen LogP contribution in [0.15, 0.2) is 24.3 Å². The van der Waals surface area contributed by atoms with Crippen LogP contribution in [-0.2, 0) is 4.74 Å². The minimum atomic E-state index is 0.457. The summed E-state index contributed by atoms with van der Waals surface area (Å²) in [6.45, 7) is 6.20. The summed E-state index contributed by atoms with van der Waals surface area (Å²) in [6.07, 6.45) is 2.76. The molecular weight excluding hydrogens is 250 g/mol. The molecule has 2 heterocycles. The summed E-state index contributed by atoms with van der Waals surface area (Å²) in [7, 11) is 2.17. The average molecular weight is 275 g/mol. The third kappa shape index (κ3) is 3.07. The second-order valence-corrected chi connectivity index (χ2v) is 5.72. The van der Waals surface area contributed by atoms with E-state index in [0.29, 0.717) is 6.10 Å². The van der Waals surface area contributed by atoms with Crippen LogP contribution in [-0.4, -0.2) is 52.5 Å². The number of rotatable bonds is 4. The number of nitrogens with zero attached hydrogens (tertiary/aromatic N) is 2. The van der Waals surface area contributed by atoms with Crippen LogP contribution in [0.5, 0.6) is 0 Å². The van der Waals surface area contributed by atoms with Gasteiger partial charge in [-0.2, -0.15) is 0 Å². The van der Waals surface area contributed by atoms with Crippen molar-refractivity contribution in [2.45, 2.75) is 18.9 Å². The topological polar surface area (TPSA) is 27.7 Å². The lowest BCUT2D eigenvalue weighted by Crippen LogP contribution is -2.41. The van der Waals surface area contributed by atoms with E-state index in [4.69, 9.17) is 4.74 Å². The van der Waals surface area contributed by atoms with Gasteiger partial charge in [0, 0.05) is 26.7 Å². The SMILES string of the molecule is CN1CCN(CCOC2CCNCC2)c2ccccc21. The molecule has 0 amide bonds. The van der Waals surface area contributed by atoms with Gasteiger partial charge in [0.15, 0.2) is 0 Å². The first-order valence-corrected chi connectivity index (χ1v) is 7.72. The molecule has 0 aromatic heterocycles. The zero-order valence-electron chi connectivity index (χ0n) is 12.3. The van der Waals surface area contributed by atoms with E-state index < -0.39 is 0 Å². The molecule has 1 aromatic carbocycles. The molecule has 4 nitrogen and oxygen atoms in total. The molecule has 20 heavy (non-hydrogen) atoms. The van der Waals surface area contributed by atoms with Crippen LogP contribution >= 0.6 is 0 Å². The Labute approximate surface area is 121 Å². The first-order chi connectivity index (χ1) is 9.84. The molecule has 0 saturated carbocycles. The fourth-order valence-electron chi connectivity index (χ4n) is 3.09. The Morgan fingerprint density at radius 1 is 1.15 bits per heavy atom. The van der Waals surface area contributed by atoms with Crippen LogP contribution in [0.25, 0.3) is 0 Å². The third-order valence-electron chi connectivity index (χ3n) is 4.34. The maximum absolute atomic E-state index is 6.03. The van der Waals surface area contributed by atoms with E-state index in [9.17, 15) is 0 Å². The predicted molar refractivity (Wildman–Crippen MR) is 83.8 cm³/mol. The molecule has 0 bridgehead atoms. The number of nitrogens with one attached hydrogen (secondary N) is 1. The molecule has 1 N–H and O–H groups in total. The standard InChI is InChI=1S/C16H25N3O/c1-18-10-11-19(16-5-3-2-4-15(16)18)12-13-20-14-6-8-17-9-7-14/h2-5,14,17H,6-13H2,1H3. The van der Waals surface area contributed by atoms with Gasteiger partial charge in [0.1, 0.15) is 0 Å². The van der Waals surface area contributed by atoms with E-state index in [1.807, 2.05) is 0 Å². The second kappa shape index (κ2) is 6.46. The highest BCUT2D eigenvalue weighted by atomic mass is 16.5. The highest BCUT2D eigenvalue weighted by Crippen LogP contribution is 2.31. The van der Waals surface area contributed by atoms with Crippen LogP contribution in [0.2, 0.25) is 0 Å². The zero-order chi connectivity index (χ0) is 13.8. The Morgan fingerprint density at radius 3 is 2.70 bits per heavy atom. The molecule has 0 atom stereocenters. The van der Waals surface area contributed by atoms with Crippen LogP contribution in [0, 0.1) is 0 Å². The van der Waals surface area contributed by atoms with Crippen LogP contribution in [0.1, 0.15) is 12.8 Å². The van der Waals surface area contributed by atoms with E-state index in [-0.39, 0.29) is 0 Å². The Kier molecular flexibility index (Phi) is 4.43. The first-order valence-electron chi connectivity index (χ1n) is 7.72. The number of benzene rings is 1. The van der Waals surface area contributed by atoms with E-state index in [1.54, 1.807) is 0 Å². The smallest absolute Gasteiger partial charge is 0.0645 e. The quantitative estimate of drug-likeness (QED) is 0.905. The molecule has 2 aliphatic rings. The minimum absolute atomic E-state index is 0.457. The molecule has 110 valence electrons. The van der Waals surface area contributed by atoms with Gasteiger partial charge in [-0.25, -0.2) is 0 Å². The van der Waals surface area contributed by atoms with E-state index in [2.05, 4.69) is 46.4 Å². The molecular formula is C16H25N3O. The van der Waals surface area contributed by atoms with E-state index in [0.717, 1.165) is 52.2 Å². The molecule has 0 aliphatic carbocycles. The Hall–Kier alpha value is -1.26. The number of piperidine rings is 1. The van der Waals surface area contributed by atoms with Crippen molar-refractivity contribution in [3.63, 3.8) is 0 Å². The lowest BCUT2D eigenvalue weighted by Gasteiger charge is -2.37. The summed E-state index contributed by atoms with van der Waals surface area (Å²) in [5.74, 6) is 0. The summed E-state index contributed by atoms with van der Waals surface area (Å²) in [5.41, 5.74) is 2.68. The average Bonchev–Trinajstić information content (AvgIpc) is 2.51. The van der Waals surface area contributed by atoms with E-state index >= 15 is 0 Å². The molecule has 3 rings (SSSR count). The normalized spacial score (nSPS) is 20.1. The van der Waals surface area contributed by atoms with Crippen LogP contribution in [0.4, 0.5) is 11.4 Å². The number of hydrogen-bond acceptors (Lipinski definition) is 4. The van der Waals surface area contributed by atoms with Crippen molar-refractivity contribution in [1.29, 1.82) is 0 Å². The van der Waals surface area contributed by atoms with Crippen LogP contribution in [0.3, 0.4) is 0 Å². The van der Waals surface area contributed by atoms with Crippen molar-refractivity contribution in [2.75, 3.05) is 56.2 Å². The van der Waals surface area contributed by atoms with Crippen LogP contribution < -0.4 is 15.1 Å². The number of ether oxygens (including phenoxy) is 1. The Balaban J connectivity index is 1.54. The number of hydrogen-bond donors (Lipinski definition) is 1. The van der Waals surface area contributed by atoms with Gasteiger partial charge in [-0.3, -0.25) is 0 Å². The largest absolute Gasteiger partial charge is 0.376 e. The van der Waals surface area contributed by atoms with Gasteiger partial charge in [-0.05, 0) is 38.1 Å². The zero-order valence-corrected chi connectivity index (χ0v) is 12.3. The van der Waals surface area contributed by atoms with Crippen molar-refractivity contribution in [3.8, 4) is 0 Å². The fraction of sp³-hybridized carbons (Fsp3) is 0.625. The van der Waals surface area contributed by atoms with Crippen molar-refractivity contribution in [2.24, 2.45) is 0 Å². The molecule has 1 saturated heterocycles. The molecule has 0 spiro atoms. The van der Waals surface area contributed by atoms with Crippen molar-refractivity contribution < 1.29 is 4.74 Å². The molecule has 1 aromatic rings. The van der Waals surface area contributed by atoms with Crippen molar-refractivity contribution in [3.05, 3.63) is 24.3 Å². The Bertz CT molecular complexity index is 431. The van der Waals surface area contributed by atoms with E-state index in [1.165, 1.54) is 11.4 Å². The van der Waals surface area contributed by atoms with Gasteiger partial charge in [0.2, 0.25) is 0 Å². The lowest BCUT2D eigenvalue weighted by atomic mass is 10.1. The minimum Gasteiger partial charge on any atom is -0.376 e. The maximum atomic E-state index is 6.03. The van der Waals surface area contributed by atoms with Gasteiger partial charge in [0.25, 0.3) is 0 Å². The first kappa shape index (κ1) is 13.7. The molecule has 1 fully saturated rings. The number of para-hydroxylation sites is 2. The van der Waals surface area contributed by atoms with Gasteiger partial charge >= 0.3 is 0 Å². The summed E-state index contributed by atoms with van der Waals surface area (Å²) < 4.78 is 6.03. The number of fused-ring (bicyclic) bond motifs is 1. The Morgan fingerprint density at radius 2 is 1.90 bits per heavy atom. The number of anilines is 2. The second-order valence-electron chi connectivity index (χ2n) is 5.72. The van der Waals surface area contributed by atoms with Gasteiger partial charge in [-0.1, -0.05) is 12.1 Å². The van der Waals surface area contributed by atoms with Gasteiger partial charge in [0.05, 0.1) is 24.1 Å². The third-order valence-corrected chi connectivity index (χ3v) is 4.34. The predicted octanol–water partition coefficient (Wildman–Crippen LogP) is 1.71. The molecule has 0 radical (unpaired) electrons. The van der Waals surface area contributed by atoms with Crippen molar-refractivity contribution in [1.82, 2.24) is 5.32 Å². The summed E-state index contributed by atoms with van der Waals surface area (Å²) in [6, 6.07) is 8.66. The van der Waals surface area contributed by atoms with Gasteiger partial charge < -0.3 is 19.9 Å². The lowest BCUT2D eigenvalue weighted by molar-refractivity contribution is 0.0372. The molecule has 0 unspecified atom stereocenters. The highest BCUT2D eigenvalue weighted by molar-refractivity contribution is 5.73. The molecule has 2 aliphatic heterocycles. The summed E-state index contributed by atoms with van der Waals surface area (Å²) in [4.78, 5) is 4.79. The van der Waals surface area contributed by atoms with Crippen molar-refractivity contribution >= 4 is 11.4 Å². The molecule has 4 heteroatoms. The highest BCUT2D eigenvalue weighted by Gasteiger charge is 2.20. The maximum Gasteiger partial charge on any atom is 0.0645 e.